The molecule has 1 fully saturated rings. The maximum Gasteiger partial charge on any atom is 0.223 e. The van der Waals surface area contributed by atoms with Gasteiger partial charge in [0.15, 0.2) is 0 Å². The number of hydrogen-bond acceptors (Lipinski definition) is 4. The number of hydrogen-bond donors (Lipinski definition) is 1. The normalized spacial score (nSPS) is 16.6. The first-order chi connectivity index (χ1) is 12.5. The van der Waals surface area contributed by atoms with Crippen LogP contribution in [0.2, 0.25) is 0 Å². The van der Waals surface area contributed by atoms with Crippen LogP contribution in [0.4, 0.5) is 5.69 Å². The van der Waals surface area contributed by atoms with E-state index in [0.29, 0.717) is 25.4 Å². The van der Waals surface area contributed by atoms with Gasteiger partial charge in [-0.25, -0.2) is 0 Å². The largest absolute Gasteiger partial charge is 0.392 e. The van der Waals surface area contributed by atoms with E-state index in [-0.39, 0.29) is 12.5 Å². The third kappa shape index (κ3) is 3.19. The van der Waals surface area contributed by atoms with Gasteiger partial charge in [-0.2, -0.15) is 0 Å². The zero-order valence-corrected chi connectivity index (χ0v) is 15.4. The average molecular weight is 351 g/mol. The van der Waals surface area contributed by atoms with Gasteiger partial charge < -0.3 is 14.9 Å². The molecule has 1 saturated heterocycles. The maximum atomic E-state index is 12.7. The summed E-state index contributed by atoms with van der Waals surface area (Å²) in [7, 11) is 0. The summed E-state index contributed by atoms with van der Waals surface area (Å²) in [5.41, 5.74) is 6.64. The highest BCUT2D eigenvalue weighted by Gasteiger charge is 2.32. The summed E-state index contributed by atoms with van der Waals surface area (Å²) < 4.78 is 0. The first kappa shape index (κ1) is 17.0. The standard InChI is InChI=1S/C21H25N3O2/c1-14-7-15(2)22-20-12-24(11-19(14)20)21(26)8-17-9-23(10-17)18-5-3-16(13-25)4-6-18/h3-7,17,25H,8-13H2,1-2H3. The molecule has 4 rings (SSSR count). The fourth-order valence-electron chi connectivity index (χ4n) is 3.99. The summed E-state index contributed by atoms with van der Waals surface area (Å²) in [6.45, 7) is 7.37. The lowest BCUT2D eigenvalue weighted by molar-refractivity contribution is -0.133. The first-order valence-corrected chi connectivity index (χ1v) is 9.22. The molecule has 2 aliphatic heterocycles. The van der Waals surface area contributed by atoms with Crippen molar-refractivity contribution < 1.29 is 9.90 Å². The average Bonchev–Trinajstić information content (AvgIpc) is 3.02. The van der Waals surface area contributed by atoms with Gasteiger partial charge in [0.2, 0.25) is 5.91 Å². The maximum absolute atomic E-state index is 12.7. The quantitative estimate of drug-likeness (QED) is 0.920. The van der Waals surface area contributed by atoms with Gasteiger partial charge in [-0.3, -0.25) is 9.78 Å². The molecule has 136 valence electrons. The van der Waals surface area contributed by atoms with Gasteiger partial charge >= 0.3 is 0 Å². The van der Waals surface area contributed by atoms with Crippen LogP contribution in [0.1, 0.15) is 34.5 Å². The molecule has 2 aromatic rings. The third-order valence-electron chi connectivity index (χ3n) is 5.51. The minimum atomic E-state index is 0.0729. The minimum absolute atomic E-state index is 0.0729. The predicted octanol–water partition coefficient (Wildman–Crippen LogP) is 2.56. The minimum Gasteiger partial charge on any atom is -0.392 e. The van der Waals surface area contributed by atoms with Crippen LogP contribution in [0.25, 0.3) is 0 Å². The number of benzene rings is 1. The molecule has 1 N–H and O–H groups in total. The molecular weight excluding hydrogens is 326 g/mol. The summed E-state index contributed by atoms with van der Waals surface area (Å²) in [6, 6.07) is 10.1. The van der Waals surface area contributed by atoms with Gasteiger partial charge in [-0.1, -0.05) is 12.1 Å². The zero-order chi connectivity index (χ0) is 18.3. The topological polar surface area (TPSA) is 56.7 Å². The van der Waals surface area contributed by atoms with Crippen molar-refractivity contribution in [1.82, 2.24) is 9.88 Å². The lowest BCUT2D eigenvalue weighted by Gasteiger charge is -2.41. The van der Waals surface area contributed by atoms with E-state index >= 15 is 0 Å². The Bertz CT molecular complexity index is 826. The lowest BCUT2D eigenvalue weighted by atomic mass is 9.94. The number of aliphatic hydroxyl groups is 1. The Labute approximate surface area is 154 Å². The number of aryl methyl sites for hydroxylation is 2. The summed E-state index contributed by atoms with van der Waals surface area (Å²) in [4.78, 5) is 21.5. The van der Waals surface area contributed by atoms with Crippen molar-refractivity contribution in [3.05, 3.63) is 58.4 Å². The number of aliphatic hydroxyl groups excluding tert-OH is 1. The Morgan fingerprint density at radius 1 is 1.19 bits per heavy atom. The van der Waals surface area contributed by atoms with Crippen LogP contribution >= 0.6 is 0 Å². The van der Waals surface area contributed by atoms with E-state index < -0.39 is 0 Å². The fraction of sp³-hybridized carbons (Fsp3) is 0.429. The monoisotopic (exact) mass is 351 g/mol. The van der Waals surface area contributed by atoms with Crippen molar-refractivity contribution in [1.29, 1.82) is 0 Å². The van der Waals surface area contributed by atoms with Crippen LogP contribution in [-0.4, -0.2) is 34.0 Å². The van der Waals surface area contributed by atoms with E-state index in [1.807, 2.05) is 36.1 Å². The van der Waals surface area contributed by atoms with Crippen LogP contribution in [-0.2, 0) is 24.5 Å². The van der Waals surface area contributed by atoms with E-state index in [0.717, 1.165) is 35.7 Å². The fourth-order valence-corrected chi connectivity index (χ4v) is 3.99. The summed E-state index contributed by atoms with van der Waals surface area (Å²) in [5, 5.41) is 9.12. The molecule has 5 heteroatoms. The smallest absolute Gasteiger partial charge is 0.223 e. The second-order valence-corrected chi connectivity index (χ2v) is 7.56. The number of fused-ring (bicyclic) bond motifs is 1. The Morgan fingerprint density at radius 2 is 1.92 bits per heavy atom. The van der Waals surface area contributed by atoms with Crippen LogP contribution in [0.15, 0.2) is 30.3 Å². The molecule has 0 atom stereocenters. The van der Waals surface area contributed by atoms with Gasteiger partial charge in [-0.05, 0) is 48.7 Å². The van der Waals surface area contributed by atoms with Gasteiger partial charge in [0, 0.05) is 43.4 Å². The first-order valence-electron chi connectivity index (χ1n) is 9.22. The van der Waals surface area contributed by atoms with Crippen LogP contribution < -0.4 is 4.90 Å². The van der Waals surface area contributed by atoms with Gasteiger partial charge in [-0.15, -0.1) is 0 Å². The molecule has 3 heterocycles. The molecule has 1 aromatic heterocycles. The van der Waals surface area contributed by atoms with E-state index in [9.17, 15) is 4.79 Å². The van der Waals surface area contributed by atoms with Crippen LogP contribution in [0, 0.1) is 19.8 Å². The van der Waals surface area contributed by atoms with E-state index in [4.69, 9.17) is 5.11 Å². The summed E-state index contributed by atoms with van der Waals surface area (Å²) in [5.74, 6) is 0.653. The zero-order valence-electron chi connectivity index (χ0n) is 15.4. The second-order valence-electron chi connectivity index (χ2n) is 7.56. The number of carbonyl (C=O) groups is 1. The molecule has 0 spiro atoms. The lowest BCUT2D eigenvalue weighted by Crippen LogP contribution is -2.48. The number of amides is 1. The van der Waals surface area contributed by atoms with E-state index in [2.05, 4.69) is 22.9 Å². The number of carbonyl (C=O) groups excluding carboxylic acids is 1. The highest BCUT2D eigenvalue weighted by Crippen LogP contribution is 2.30. The summed E-state index contributed by atoms with van der Waals surface area (Å²) in [6.07, 6.45) is 0.608. The predicted molar refractivity (Wildman–Crippen MR) is 101 cm³/mol. The second kappa shape index (κ2) is 6.72. The number of nitrogens with zero attached hydrogens (tertiary/aromatic N) is 3. The third-order valence-corrected chi connectivity index (χ3v) is 5.51. The molecule has 5 nitrogen and oxygen atoms in total. The van der Waals surface area contributed by atoms with Crippen molar-refractivity contribution >= 4 is 11.6 Å². The van der Waals surface area contributed by atoms with Gasteiger partial charge in [0.1, 0.15) is 0 Å². The van der Waals surface area contributed by atoms with Crippen molar-refractivity contribution in [3.63, 3.8) is 0 Å². The molecule has 26 heavy (non-hydrogen) atoms. The van der Waals surface area contributed by atoms with Crippen LogP contribution in [0.5, 0.6) is 0 Å². The number of aromatic nitrogens is 1. The Balaban J connectivity index is 1.31. The van der Waals surface area contributed by atoms with Gasteiger partial charge in [0.25, 0.3) is 0 Å². The number of pyridine rings is 1. The number of anilines is 1. The molecule has 1 aromatic carbocycles. The molecule has 0 saturated carbocycles. The molecule has 0 aliphatic carbocycles. The van der Waals surface area contributed by atoms with E-state index in [1.54, 1.807) is 0 Å². The molecule has 2 aliphatic rings. The SMILES string of the molecule is Cc1cc(C)c2c(n1)CN(C(=O)CC1CN(c3ccc(CO)cc3)C1)C2. The highest BCUT2D eigenvalue weighted by atomic mass is 16.3. The van der Waals surface area contributed by atoms with Crippen molar-refractivity contribution in [2.45, 2.75) is 40.0 Å². The van der Waals surface area contributed by atoms with Crippen LogP contribution in [0.3, 0.4) is 0 Å². The Hall–Kier alpha value is -2.40. The Kier molecular flexibility index (Phi) is 4.41. The molecule has 0 bridgehead atoms. The summed E-state index contributed by atoms with van der Waals surface area (Å²) >= 11 is 0. The Morgan fingerprint density at radius 3 is 2.62 bits per heavy atom. The number of rotatable bonds is 4. The molecular formula is C21H25N3O2. The van der Waals surface area contributed by atoms with Crippen molar-refractivity contribution in [2.24, 2.45) is 5.92 Å². The molecule has 0 unspecified atom stereocenters. The highest BCUT2D eigenvalue weighted by molar-refractivity contribution is 5.77. The molecule has 1 amide bonds. The van der Waals surface area contributed by atoms with Gasteiger partial charge in [0.05, 0.1) is 18.8 Å². The van der Waals surface area contributed by atoms with E-state index in [1.165, 1.54) is 11.1 Å². The van der Waals surface area contributed by atoms with Crippen molar-refractivity contribution in [2.75, 3.05) is 18.0 Å². The van der Waals surface area contributed by atoms with Crippen molar-refractivity contribution in [3.8, 4) is 0 Å². The molecule has 0 radical (unpaired) electrons.